The molecule has 0 radical (unpaired) electrons. The lowest BCUT2D eigenvalue weighted by atomic mass is 10.1. The van der Waals surface area contributed by atoms with Crippen molar-refractivity contribution < 1.29 is 22.7 Å². The fourth-order valence-electron chi connectivity index (χ4n) is 3.53. The minimum absolute atomic E-state index is 0.0736. The summed E-state index contributed by atoms with van der Waals surface area (Å²) in [7, 11) is -3.71. The highest BCUT2D eigenvalue weighted by Gasteiger charge is 2.29. The van der Waals surface area contributed by atoms with Crippen LogP contribution >= 0.6 is 0 Å². The van der Waals surface area contributed by atoms with E-state index in [1.165, 1.54) is 10.4 Å². The van der Waals surface area contributed by atoms with Crippen LogP contribution in [0.2, 0.25) is 0 Å². The molecule has 0 aromatic heterocycles. The molecule has 1 N–H and O–H groups in total. The van der Waals surface area contributed by atoms with E-state index in [9.17, 15) is 13.2 Å². The first-order valence-electron chi connectivity index (χ1n) is 10.6. The van der Waals surface area contributed by atoms with Crippen molar-refractivity contribution in [2.75, 3.05) is 31.6 Å². The minimum Gasteiger partial charge on any atom is -0.492 e. The number of ether oxygens (including phenoxy) is 2. The molecule has 1 fully saturated rings. The molecule has 2 aromatic rings. The van der Waals surface area contributed by atoms with Gasteiger partial charge in [0.25, 0.3) is 5.91 Å². The molecule has 0 atom stereocenters. The zero-order chi connectivity index (χ0) is 22.4. The molecule has 1 aliphatic heterocycles. The van der Waals surface area contributed by atoms with Gasteiger partial charge in [0, 0.05) is 18.8 Å². The lowest BCUT2D eigenvalue weighted by Gasteiger charge is -2.27. The summed E-state index contributed by atoms with van der Waals surface area (Å²) in [4.78, 5) is 12.5. The van der Waals surface area contributed by atoms with Gasteiger partial charge < -0.3 is 14.8 Å². The summed E-state index contributed by atoms with van der Waals surface area (Å²) in [5, 5.41) is 2.73. The van der Waals surface area contributed by atoms with Crippen LogP contribution in [0.15, 0.2) is 41.3 Å². The van der Waals surface area contributed by atoms with E-state index in [1.807, 2.05) is 32.0 Å². The maximum Gasteiger partial charge on any atom is 0.262 e. The first kappa shape index (κ1) is 23.1. The number of hydrogen-bond donors (Lipinski definition) is 1. The Labute approximate surface area is 184 Å². The Morgan fingerprint density at radius 3 is 2.48 bits per heavy atom. The summed E-state index contributed by atoms with van der Waals surface area (Å²) in [6, 6.07) is 10.4. The Morgan fingerprint density at radius 1 is 1.03 bits per heavy atom. The molecule has 3 rings (SSSR count). The van der Waals surface area contributed by atoms with Crippen LogP contribution in [-0.4, -0.2) is 44.9 Å². The number of aryl methyl sites for hydroxylation is 1. The maximum atomic E-state index is 13.2. The van der Waals surface area contributed by atoms with Crippen LogP contribution in [0.1, 0.15) is 37.3 Å². The predicted octanol–water partition coefficient (Wildman–Crippen LogP) is 3.89. The van der Waals surface area contributed by atoms with Crippen molar-refractivity contribution in [3.05, 3.63) is 47.5 Å². The van der Waals surface area contributed by atoms with Crippen molar-refractivity contribution in [1.29, 1.82) is 0 Å². The highest BCUT2D eigenvalue weighted by molar-refractivity contribution is 7.89. The van der Waals surface area contributed by atoms with Crippen LogP contribution in [0.5, 0.6) is 11.5 Å². The lowest BCUT2D eigenvalue weighted by molar-refractivity contribution is -0.118. The van der Waals surface area contributed by atoms with Gasteiger partial charge in [-0.3, -0.25) is 4.79 Å². The molecule has 31 heavy (non-hydrogen) atoms. The first-order chi connectivity index (χ1) is 14.8. The number of hydrogen-bond acceptors (Lipinski definition) is 5. The summed E-state index contributed by atoms with van der Waals surface area (Å²) in [5.74, 6) is 0.569. The van der Waals surface area contributed by atoms with Crippen molar-refractivity contribution in [2.45, 2.75) is 44.9 Å². The molecule has 0 unspecified atom stereocenters. The van der Waals surface area contributed by atoms with Crippen LogP contribution in [0, 0.1) is 13.8 Å². The SMILES string of the molecule is CCOc1ccc(NC(=O)COc2cccc(C)c2C)cc1S(=O)(=O)N1CCCCC1. The van der Waals surface area contributed by atoms with Crippen molar-refractivity contribution in [3.63, 3.8) is 0 Å². The van der Waals surface area contributed by atoms with Gasteiger partial charge in [0.15, 0.2) is 6.61 Å². The number of nitrogens with one attached hydrogen (secondary N) is 1. The van der Waals surface area contributed by atoms with Crippen LogP contribution in [-0.2, 0) is 14.8 Å². The van der Waals surface area contributed by atoms with Crippen LogP contribution in [0.25, 0.3) is 0 Å². The molecule has 2 aromatic carbocycles. The summed E-state index contributed by atoms with van der Waals surface area (Å²) in [6.07, 6.45) is 2.71. The van der Waals surface area contributed by atoms with Crippen molar-refractivity contribution in [1.82, 2.24) is 4.31 Å². The zero-order valence-electron chi connectivity index (χ0n) is 18.3. The number of carbonyl (C=O) groups is 1. The number of amides is 1. The van der Waals surface area contributed by atoms with Gasteiger partial charge in [-0.1, -0.05) is 18.6 Å². The third-order valence-electron chi connectivity index (χ3n) is 5.37. The van der Waals surface area contributed by atoms with Gasteiger partial charge in [-0.25, -0.2) is 8.42 Å². The minimum atomic E-state index is -3.71. The lowest BCUT2D eigenvalue weighted by Crippen LogP contribution is -2.35. The molecule has 1 saturated heterocycles. The Kier molecular flexibility index (Phi) is 7.56. The molecule has 0 bridgehead atoms. The quantitative estimate of drug-likeness (QED) is 0.665. The first-order valence-corrected chi connectivity index (χ1v) is 12.0. The van der Waals surface area contributed by atoms with Gasteiger partial charge in [0.1, 0.15) is 16.4 Å². The van der Waals surface area contributed by atoms with Crippen LogP contribution in [0.4, 0.5) is 5.69 Å². The van der Waals surface area contributed by atoms with E-state index in [4.69, 9.17) is 9.47 Å². The molecule has 7 nitrogen and oxygen atoms in total. The average molecular weight is 447 g/mol. The molecule has 168 valence electrons. The Morgan fingerprint density at radius 2 is 1.77 bits per heavy atom. The smallest absolute Gasteiger partial charge is 0.262 e. The largest absolute Gasteiger partial charge is 0.492 e. The van der Waals surface area contributed by atoms with Crippen LogP contribution < -0.4 is 14.8 Å². The highest BCUT2D eigenvalue weighted by Crippen LogP contribution is 2.31. The average Bonchev–Trinajstić information content (AvgIpc) is 2.76. The maximum absolute atomic E-state index is 13.2. The van der Waals surface area contributed by atoms with Crippen molar-refractivity contribution >= 4 is 21.6 Å². The number of nitrogens with zero attached hydrogens (tertiary/aromatic N) is 1. The molecular formula is C23H30N2O5S. The van der Waals surface area contributed by atoms with E-state index >= 15 is 0 Å². The number of carbonyl (C=O) groups excluding carboxylic acids is 1. The third-order valence-corrected chi connectivity index (χ3v) is 7.29. The van der Waals surface area contributed by atoms with Gasteiger partial charge in [-0.2, -0.15) is 4.31 Å². The molecule has 1 heterocycles. The Bertz CT molecular complexity index is 1030. The van der Waals surface area contributed by atoms with Gasteiger partial charge in [0.05, 0.1) is 6.61 Å². The van der Waals surface area contributed by atoms with E-state index < -0.39 is 10.0 Å². The molecule has 1 aliphatic rings. The summed E-state index contributed by atoms with van der Waals surface area (Å²) >= 11 is 0. The second-order valence-corrected chi connectivity index (χ2v) is 9.50. The number of benzene rings is 2. The Balaban J connectivity index is 1.76. The summed E-state index contributed by atoms with van der Waals surface area (Å²) in [6.45, 7) is 6.88. The van der Waals surface area contributed by atoms with Crippen molar-refractivity contribution in [3.8, 4) is 11.5 Å². The van der Waals surface area contributed by atoms with E-state index in [1.54, 1.807) is 19.1 Å². The van der Waals surface area contributed by atoms with Crippen molar-refractivity contribution in [2.24, 2.45) is 0 Å². The number of sulfonamides is 1. The summed E-state index contributed by atoms with van der Waals surface area (Å²) in [5.41, 5.74) is 2.44. The van der Waals surface area contributed by atoms with Gasteiger partial charge in [-0.15, -0.1) is 0 Å². The monoisotopic (exact) mass is 446 g/mol. The zero-order valence-corrected chi connectivity index (χ0v) is 19.1. The normalized spacial score (nSPS) is 14.8. The van der Waals surface area contributed by atoms with Gasteiger partial charge in [-0.05, 0) is 69.0 Å². The topological polar surface area (TPSA) is 84.9 Å². The highest BCUT2D eigenvalue weighted by atomic mass is 32.2. The molecular weight excluding hydrogens is 416 g/mol. The summed E-state index contributed by atoms with van der Waals surface area (Å²) < 4.78 is 39.1. The number of piperidine rings is 1. The number of rotatable bonds is 8. The molecule has 8 heteroatoms. The van der Waals surface area contributed by atoms with Crippen LogP contribution in [0.3, 0.4) is 0 Å². The van der Waals surface area contributed by atoms with E-state index in [0.29, 0.717) is 31.1 Å². The number of anilines is 1. The van der Waals surface area contributed by atoms with E-state index in [-0.39, 0.29) is 23.2 Å². The van der Waals surface area contributed by atoms with Gasteiger partial charge >= 0.3 is 0 Å². The van der Waals surface area contributed by atoms with Gasteiger partial charge in [0.2, 0.25) is 10.0 Å². The predicted molar refractivity (Wildman–Crippen MR) is 120 cm³/mol. The Hall–Kier alpha value is -2.58. The fraction of sp³-hybridized carbons (Fsp3) is 0.435. The second-order valence-electron chi connectivity index (χ2n) is 7.59. The standard InChI is InChI=1S/C23H30N2O5S/c1-4-29-21-12-11-19(15-22(21)31(27,28)25-13-6-5-7-14-25)24-23(26)16-30-20-10-8-9-17(2)18(20)3/h8-12,15H,4-7,13-14,16H2,1-3H3,(H,24,26). The third kappa shape index (κ3) is 5.57. The molecule has 1 amide bonds. The van der Waals surface area contributed by atoms with E-state index in [2.05, 4.69) is 5.32 Å². The molecule has 0 saturated carbocycles. The molecule has 0 spiro atoms. The molecule has 0 aliphatic carbocycles. The van der Waals surface area contributed by atoms with E-state index in [0.717, 1.165) is 30.4 Å². The second kappa shape index (κ2) is 10.2. The fourth-order valence-corrected chi connectivity index (χ4v) is 5.20.